The van der Waals surface area contributed by atoms with Crippen LogP contribution in [-0.2, 0) is 4.74 Å². The highest BCUT2D eigenvalue weighted by molar-refractivity contribution is 9.10. The molecule has 5 nitrogen and oxygen atoms in total. The minimum Gasteiger partial charge on any atom is -0.467 e. The summed E-state index contributed by atoms with van der Waals surface area (Å²) in [6.45, 7) is 0.783. The predicted octanol–water partition coefficient (Wildman–Crippen LogP) is 1.36. The van der Waals surface area contributed by atoms with E-state index in [0.717, 1.165) is 19.4 Å². The molecule has 0 radical (unpaired) electrons. The molecule has 1 aromatic rings. The third kappa shape index (κ3) is 1.68. The van der Waals surface area contributed by atoms with Gasteiger partial charge in [0.15, 0.2) is 6.23 Å². The molecule has 1 aliphatic heterocycles. The van der Waals surface area contributed by atoms with Gasteiger partial charge in [0, 0.05) is 6.61 Å². The zero-order valence-corrected chi connectivity index (χ0v) is 8.82. The van der Waals surface area contributed by atoms with Crippen LogP contribution in [0.1, 0.15) is 19.1 Å². The lowest BCUT2D eigenvalue weighted by atomic mass is 10.3. The Morgan fingerprint density at radius 1 is 1.69 bits per heavy atom. The number of rotatable bonds is 2. The van der Waals surface area contributed by atoms with Crippen molar-refractivity contribution in [2.45, 2.75) is 19.1 Å². The van der Waals surface area contributed by atoms with Crippen molar-refractivity contribution in [1.29, 1.82) is 0 Å². The quantitative estimate of drug-likeness (QED) is 0.792. The van der Waals surface area contributed by atoms with Crippen LogP contribution < -0.4 is 4.74 Å². The Labute approximate surface area is 84.2 Å². The monoisotopic (exact) mass is 247 g/mol. The molecule has 1 aromatic heterocycles. The first kappa shape index (κ1) is 8.96. The van der Waals surface area contributed by atoms with E-state index in [1.807, 2.05) is 0 Å². The Balaban J connectivity index is 2.26. The van der Waals surface area contributed by atoms with E-state index in [1.54, 1.807) is 11.8 Å². The molecule has 2 rings (SSSR count). The van der Waals surface area contributed by atoms with E-state index in [4.69, 9.17) is 9.47 Å². The van der Waals surface area contributed by atoms with Crippen molar-refractivity contribution in [2.75, 3.05) is 13.7 Å². The Morgan fingerprint density at radius 3 is 3.15 bits per heavy atom. The van der Waals surface area contributed by atoms with E-state index >= 15 is 0 Å². The van der Waals surface area contributed by atoms with Gasteiger partial charge in [0.25, 0.3) is 0 Å². The van der Waals surface area contributed by atoms with E-state index in [2.05, 4.69) is 26.0 Å². The minimum absolute atomic E-state index is 0.0197. The number of halogens is 1. The maximum atomic E-state index is 5.45. The lowest BCUT2D eigenvalue weighted by Crippen LogP contribution is -2.10. The molecule has 1 saturated heterocycles. The van der Waals surface area contributed by atoms with E-state index in [1.165, 1.54) is 0 Å². The second-order valence-corrected chi connectivity index (χ2v) is 3.49. The van der Waals surface area contributed by atoms with Crippen molar-refractivity contribution in [1.82, 2.24) is 14.8 Å². The van der Waals surface area contributed by atoms with Crippen LogP contribution in [0.4, 0.5) is 0 Å². The van der Waals surface area contributed by atoms with Gasteiger partial charge in [-0.05, 0) is 28.8 Å². The summed E-state index contributed by atoms with van der Waals surface area (Å²) in [4.78, 5) is 4.04. The summed E-state index contributed by atoms with van der Waals surface area (Å²) >= 11 is 3.19. The molecule has 0 bridgehead atoms. The molecule has 1 aliphatic rings. The van der Waals surface area contributed by atoms with E-state index < -0.39 is 0 Å². The third-order valence-corrected chi connectivity index (χ3v) is 2.27. The Kier molecular flexibility index (Phi) is 2.50. The molecule has 0 unspecified atom stereocenters. The van der Waals surface area contributed by atoms with Gasteiger partial charge in [-0.25, -0.2) is 0 Å². The summed E-state index contributed by atoms with van der Waals surface area (Å²) < 4.78 is 12.7. The van der Waals surface area contributed by atoms with Gasteiger partial charge in [-0.1, -0.05) is 0 Å². The number of aromatic nitrogens is 3. The minimum atomic E-state index is -0.0197. The first-order valence-electron chi connectivity index (χ1n) is 4.09. The first-order chi connectivity index (χ1) is 6.31. The molecule has 0 aromatic carbocycles. The molecule has 6 heteroatoms. The first-order valence-corrected chi connectivity index (χ1v) is 4.88. The maximum absolute atomic E-state index is 5.45. The molecule has 1 atom stereocenters. The lowest BCUT2D eigenvalue weighted by Gasteiger charge is -2.10. The van der Waals surface area contributed by atoms with Crippen LogP contribution in [0.5, 0.6) is 6.01 Å². The van der Waals surface area contributed by atoms with Gasteiger partial charge in [-0.15, -0.1) is 5.10 Å². The highest BCUT2D eigenvalue weighted by Gasteiger charge is 2.22. The molecular formula is C7H10BrN3O2. The Bertz CT molecular complexity index is 296. The average molecular weight is 248 g/mol. The fourth-order valence-electron chi connectivity index (χ4n) is 1.36. The molecule has 0 aliphatic carbocycles. The molecule has 13 heavy (non-hydrogen) atoms. The molecule has 2 heterocycles. The van der Waals surface area contributed by atoms with Crippen LogP contribution in [0.15, 0.2) is 4.73 Å². The van der Waals surface area contributed by atoms with Gasteiger partial charge >= 0.3 is 6.01 Å². The molecule has 0 N–H and O–H groups in total. The van der Waals surface area contributed by atoms with Crippen molar-refractivity contribution < 1.29 is 9.47 Å². The summed E-state index contributed by atoms with van der Waals surface area (Å²) in [5.41, 5.74) is 0. The highest BCUT2D eigenvalue weighted by Crippen LogP contribution is 2.26. The third-order valence-electron chi connectivity index (χ3n) is 1.94. The molecule has 72 valence electrons. The fourth-order valence-corrected chi connectivity index (χ4v) is 1.69. The van der Waals surface area contributed by atoms with Crippen molar-refractivity contribution >= 4 is 15.9 Å². The van der Waals surface area contributed by atoms with Crippen molar-refractivity contribution in [2.24, 2.45) is 0 Å². The van der Waals surface area contributed by atoms with Crippen LogP contribution in [-0.4, -0.2) is 28.5 Å². The van der Waals surface area contributed by atoms with Crippen molar-refractivity contribution in [3.8, 4) is 6.01 Å². The van der Waals surface area contributed by atoms with E-state index in [9.17, 15) is 0 Å². The van der Waals surface area contributed by atoms with Crippen molar-refractivity contribution in [3.05, 3.63) is 4.73 Å². The van der Waals surface area contributed by atoms with Crippen molar-refractivity contribution in [3.63, 3.8) is 0 Å². The van der Waals surface area contributed by atoms with Gasteiger partial charge < -0.3 is 9.47 Å². The van der Waals surface area contributed by atoms with Gasteiger partial charge in [-0.3, -0.25) is 0 Å². The van der Waals surface area contributed by atoms with Crippen LogP contribution in [0, 0.1) is 0 Å². The molecule has 0 saturated carbocycles. The van der Waals surface area contributed by atoms with Crippen LogP contribution >= 0.6 is 15.9 Å². The van der Waals surface area contributed by atoms with Gasteiger partial charge in [0.05, 0.1) is 7.11 Å². The maximum Gasteiger partial charge on any atom is 0.318 e. The van der Waals surface area contributed by atoms with E-state index in [0.29, 0.717) is 10.7 Å². The number of methoxy groups -OCH3 is 1. The fraction of sp³-hybridized carbons (Fsp3) is 0.714. The van der Waals surface area contributed by atoms with E-state index in [-0.39, 0.29) is 6.23 Å². The topological polar surface area (TPSA) is 49.2 Å². The zero-order chi connectivity index (χ0) is 9.26. The summed E-state index contributed by atoms with van der Waals surface area (Å²) in [6, 6.07) is 0.485. The molecular weight excluding hydrogens is 238 g/mol. The summed E-state index contributed by atoms with van der Waals surface area (Å²) in [5, 5.41) is 4.14. The van der Waals surface area contributed by atoms with Crippen LogP contribution in [0.2, 0.25) is 0 Å². The largest absolute Gasteiger partial charge is 0.467 e. The van der Waals surface area contributed by atoms with Crippen LogP contribution in [0.25, 0.3) is 0 Å². The lowest BCUT2D eigenvalue weighted by molar-refractivity contribution is 0.0395. The van der Waals surface area contributed by atoms with Gasteiger partial charge in [0.2, 0.25) is 4.73 Å². The number of hydrogen-bond donors (Lipinski definition) is 0. The Morgan fingerprint density at radius 2 is 2.54 bits per heavy atom. The zero-order valence-electron chi connectivity index (χ0n) is 7.23. The second-order valence-electron chi connectivity index (χ2n) is 2.78. The average Bonchev–Trinajstić information content (AvgIpc) is 2.71. The molecule has 0 amide bonds. The molecule has 0 spiro atoms. The van der Waals surface area contributed by atoms with Gasteiger partial charge in [-0.2, -0.15) is 9.67 Å². The van der Waals surface area contributed by atoms with Crippen LogP contribution in [0.3, 0.4) is 0 Å². The predicted molar refractivity (Wildman–Crippen MR) is 48.5 cm³/mol. The SMILES string of the molecule is COc1nc(Br)nn1[C@@H]1CCCO1. The standard InChI is InChI=1S/C7H10BrN3O2/c1-12-7-9-6(8)10-11(7)5-3-2-4-13-5/h5H,2-4H2,1H3/t5-/m0/s1. The molecule has 1 fully saturated rings. The summed E-state index contributed by atoms with van der Waals surface area (Å²) in [7, 11) is 1.57. The Hall–Kier alpha value is -0.620. The van der Waals surface area contributed by atoms with Gasteiger partial charge in [0.1, 0.15) is 0 Å². The highest BCUT2D eigenvalue weighted by atomic mass is 79.9. The second kappa shape index (κ2) is 3.63. The summed E-state index contributed by atoms with van der Waals surface area (Å²) in [5.74, 6) is 0. The smallest absolute Gasteiger partial charge is 0.318 e. The number of ether oxygens (including phenoxy) is 2. The number of hydrogen-bond acceptors (Lipinski definition) is 4. The number of nitrogens with zero attached hydrogens (tertiary/aromatic N) is 3. The summed E-state index contributed by atoms with van der Waals surface area (Å²) in [6.07, 6.45) is 2.01. The normalized spacial score (nSPS) is 22.2.